The lowest BCUT2D eigenvalue weighted by atomic mass is 9.98. The Balaban J connectivity index is 1.83. The van der Waals surface area contributed by atoms with Crippen LogP contribution in [0.1, 0.15) is 85.1 Å². The van der Waals surface area contributed by atoms with Gasteiger partial charge in [-0.05, 0) is 111 Å². The van der Waals surface area contributed by atoms with E-state index in [4.69, 9.17) is 9.97 Å². The summed E-state index contributed by atoms with van der Waals surface area (Å²) < 4.78 is 0. The number of aliphatic hydroxyl groups is 1. The number of amides is 1. The summed E-state index contributed by atoms with van der Waals surface area (Å²) >= 11 is 0. The molecule has 3 N–H and O–H groups in total. The van der Waals surface area contributed by atoms with Gasteiger partial charge in [0.2, 0.25) is 5.91 Å². The first-order valence-electron chi connectivity index (χ1n) is 14.7. The van der Waals surface area contributed by atoms with Crippen molar-refractivity contribution in [3.8, 4) is 0 Å². The third-order valence-corrected chi connectivity index (χ3v) is 8.77. The fourth-order valence-corrected chi connectivity index (χ4v) is 6.03. The van der Waals surface area contributed by atoms with Crippen molar-refractivity contribution in [2.24, 2.45) is 0 Å². The van der Waals surface area contributed by atoms with Gasteiger partial charge in [0.15, 0.2) is 0 Å². The molecule has 3 aromatic rings. The van der Waals surface area contributed by atoms with Gasteiger partial charge in [-0.15, -0.1) is 0 Å². The van der Waals surface area contributed by atoms with Crippen molar-refractivity contribution in [2.45, 2.75) is 60.8 Å². The van der Waals surface area contributed by atoms with Gasteiger partial charge in [0, 0.05) is 47.6 Å². The fourth-order valence-electron chi connectivity index (χ4n) is 6.03. The number of nitrogens with one attached hydrogen (secondary N) is 2. The number of nitrogens with zero attached hydrogens (tertiary/aromatic N) is 3. The van der Waals surface area contributed by atoms with E-state index in [-0.39, 0.29) is 12.5 Å². The Bertz CT molecular complexity index is 1830. The lowest BCUT2D eigenvalue weighted by Crippen LogP contribution is -2.29. The number of H-pyrrole nitrogens is 2. The molecule has 0 fully saturated rings. The van der Waals surface area contributed by atoms with Crippen LogP contribution in [-0.2, 0) is 4.79 Å². The van der Waals surface area contributed by atoms with Crippen LogP contribution in [0, 0.1) is 20.8 Å². The number of aromatic nitrogens is 4. The second-order valence-corrected chi connectivity index (χ2v) is 11.4. The van der Waals surface area contributed by atoms with Crippen molar-refractivity contribution >= 4 is 56.3 Å². The minimum atomic E-state index is -0.0512. The summed E-state index contributed by atoms with van der Waals surface area (Å²) in [5, 5.41) is 9.28. The molecule has 218 valence electrons. The Labute approximate surface area is 247 Å². The molecule has 0 aliphatic carbocycles. The average Bonchev–Trinajstić information content (AvgIpc) is 3.66. The Morgan fingerprint density at radius 3 is 2.19 bits per heavy atom. The molecule has 0 saturated heterocycles. The maximum absolute atomic E-state index is 12.8. The van der Waals surface area contributed by atoms with Crippen molar-refractivity contribution in [2.75, 3.05) is 20.2 Å². The van der Waals surface area contributed by atoms with Gasteiger partial charge in [-0.25, -0.2) is 9.97 Å². The standard InChI is InChI=1S/C35H41N5O2/c1-9-24-21(5)30-18-33-25(10-2)20(4)29(37-33)17-31-22(6)26(11-12-34(42)40(8)13-14-41)35(39-31)23(7)28-15-19(3)27(36-28)16-32(24)38-30/h10,15-18,36-37,41H,2,9,11-14H2,1,3-8H3. The molecule has 5 rings (SSSR count). The zero-order chi connectivity index (χ0) is 30.3. The van der Waals surface area contributed by atoms with Gasteiger partial charge >= 0.3 is 0 Å². The van der Waals surface area contributed by atoms with Gasteiger partial charge < -0.3 is 20.0 Å². The van der Waals surface area contributed by atoms with Crippen LogP contribution in [0.15, 0.2) is 30.8 Å². The van der Waals surface area contributed by atoms with Crippen LogP contribution < -0.4 is 0 Å². The van der Waals surface area contributed by atoms with Crippen molar-refractivity contribution < 1.29 is 9.90 Å². The molecule has 0 atom stereocenters. The number of likely N-dealkylation sites (N-methyl/N-ethyl adjacent to an activating group) is 1. The molecule has 2 aliphatic heterocycles. The van der Waals surface area contributed by atoms with Crippen LogP contribution in [0.25, 0.3) is 50.4 Å². The zero-order valence-corrected chi connectivity index (χ0v) is 25.8. The molecule has 0 unspecified atom stereocenters. The highest BCUT2D eigenvalue weighted by molar-refractivity contribution is 5.96. The average molecular weight is 564 g/mol. The fraction of sp³-hybridized carbons (Fsp3) is 0.343. The molecule has 7 heteroatoms. The number of carbonyl (C=O) groups is 1. The highest BCUT2D eigenvalue weighted by Gasteiger charge is 2.22. The second-order valence-electron chi connectivity index (χ2n) is 11.4. The second kappa shape index (κ2) is 11.6. The van der Waals surface area contributed by atoms with Gasteiger partial charge in [0.1, 0.15) is 0 Å². The van der Waals surface area contributed by atoms with Gasteiger partial charge in [-0.2, -0.15) is 0 Å². The Hall–Kier alpha value is -4.23. The van der Waals surface area contributed by atoms with E-state index in [0.717, 1.165) is 84.7 Å². The van der Waals surface area contributed by atoms with Crippen molar-refractivity contribution in [1.29, 1.82) is 0 Å². The zero-order valence-electron chi connectivity index (χ0n) is 25.8. The lowest BCUT2D eigenvalue weighted by molar-refractivity contribution is -0.130. The Morgan fingerprint density at radius 2 is 1.50 bits per heavy atom. The number of hydrogen-bond acceptors (Lipinski definition) is 4. The Kier molecular flexibility index (Phi) is 8.06. The monoisotopic (exact) mass is 563 g/mol. The first-order chi connectivity index (χ1) is 20.1. The van der Waals surface area contributed by atoms with E-state index in [1.54, 1.807) is 11.9 Å². The SMILES string of the molecule is C=Cc1c(C)c2cc3nc(c(C)c4cc(C)c(cc5nc(cc1[nH]2)C(C)=C5CC)[nH]4)C(CCC(=O)N(C)CCO)=C3C. The minimum absolute atomic E-state index is 0.00389. The minimum Gasteiger partial charge on any atom is -0.395 e. The summed E-state index contributed by atoms with van der Waals surface area (Å²) in [6.45, 7) is 17.1. The predicted octanol–water partition coefficient (Wildman–Crippen LogP) is 7.39. The van der Waals surface area contributed by atoms with Crippen molar-refractivity contribution in [3.63, 3.8) is 0 Å². The molecule has 1 amide bonds. The van der Waals surface area contributed by atoms with Crippen LogP contribution in [-0.4, -0.2) is 56.0 Å². The highest BCUT2D eigenvalue weighted by atomic mass is 16.3. The molecule has 2 aliphatic rings. The summed E-state index contributed by atoms with van der Waals surface area (Å²) in [6.07, 6.45) is 3.69. The van der Waals surface area contributed by atoms with Crippen LogP contribution in [0.2, 0.25) is 0 Å². The quantitative estimate of drug-likeness (QED) is 0.279. The number of aryl methyl sites for hydroxylation is 3. The number of rotatable bonds is 7. The number of aliphatic hydroxyl groups excluding tert-OH is 1. The van der Waals surface area contributed by atoms with Crippen LogP contribution in [0.4, 0.5) is 0 Å². The lowest BCUT2D eigenvalue weighted by Gasteiger charge is -2.16. The Morgan fingerprint density at radius 1 is 0.881 bits per heavy atom. The molecule has 3 aromatic heterocycles. The molecule has 0 spiro atoms. The molecule has 42 heavy (non-hydrogen) atoms. The van der Waals surface area contributed by atoms with E-state index in [1.165, 1.54) is 11.1 Å². The molecule has 5 heterocycles. The van der Waals surface area contributed by atoms with Gasteiger partial charge in [0.05, 0.1) is 29.4 Å². The normalized spacial score (nSPS) is 13.2. The number of aromatic amines is 2. The summed E-state index contributed by atoms with van der Waals surface area (Å²) in [5.41, 5.74) is 16.6. The molecule has 0 radical (unpaired) electrons. The first kappa shape index (κ1) is 29.3. The van der Waals surface area contributed by atoms with Crippen LogP contribution in [0.3, 0.4) is 0 Å². The first-order valence-corrected chi connectivity index (χ1v) is 14.7. The van der Waals surface area contributed by atoms with Crippen LogP contribution >= 0.6 is 0 Å². The molecular weight excluding hydrogens is 522 g/mol. The number of carbonyl (C=O) groups excluding carboxylic acids is 1. The van der Waals surface area contributed by atoms with Gasteiger partial charge in [0.25, 0.3) is 0 Å². The summed E-state index contributed by atoms with van der Waals surface area (Å²) in [7, 11) is 1.73. The molecule has 0 aromatic carbocycles. The van der Waals surface area contributed by atoms with E-state index in [0.29, 0.717) is 19.4 Å². The van der Waals surface area contributed by atoms with E-state index >= 15 is 0 Å². The number of fused-ring (bicyclic) bond motifs is 8. The maximum atomic E-state index is 12.8. The third kappa shape index (κ3) is 5.13. The molecule has 0 saturated carbocycles. The number of hydrogen-bond donors (Lipinski definition) is 3. The van der Waals surface area contributed by atoms with E-state index in [1.807, 2.05) is 6.08 Å². The number of allylic oxidation sites excluding steroid dienone is 4. The van der Waals surface area contributed by atoms with Gasteiger partial charge in [-0.1, -0.05) is 19.6 Å². The smallest absolute Gasteiger partial charge is 0.222 e. The van der Waals surface area contributed by atoms with Crippen molar-refractivity contribution in [1.82, 2.24) is 24.8 Å². The summed E-state index contributed by atoms with van der Waals surface area (Å²) in [5.74, 6) is 0.00389. The predicted molar refractivity (Wildman–Crippen MR) is 175 cm³/mol. The van der Waals surface area contributed by atoms with E-state index in [2.05, 4.69) is 82.4 Å². The maximum Gasteiger partial charge on any atom is 0.222 e. The molecule has 7 nitrogen and oxygen atoms in total. The molecular formula is C35H41N5O2. The summed E-state index contributed by atoms with van der Waals surface area (Å²) in [4.78, 5) is 31.9. The van der Waals surface area contributed by atoms with E-state index in [9.17, 15) is 9.90 Å². The topological polar surface area (TPSA) is 97.9 Å². The third-order valence-electron chi connectivity index (χ3n) is 8.77. The van der Waals surface area contributed by atoms with Crippen molar-refractivity contribution in [3.05, 3.63) is 75.9 Å². The van der Waals surface area contributed by atoms with Crippen LogP contribution in [0.5, 0.6) is 0 Å². The molecule has 8 bridgehead atoms. The van der Waals surface area contributed by atoms with E-state index < -0.39 is 0 Å². The largest absolute Gasteiger partial charge is 0.395 e. The highest BCUT2D eigenvalue weighted by Crippen LogP contribution is 2.37. The van der Waals surface area contributed by atoms with Gasteiger partial charge in [-0.3, -0.25) is 4.79 Å². The summed E-state index contributed by atoms with van der Waals surface area (Å²) in [6, 6.07) is 8.55.